The molecule has 4 nitrogen and oxygen atoms in total. The second kappa shape index (κ2) is 7.62. The summed E-state index contributed by atoms with van der Waals surface area (Å²) in [6, 6.07) is 10.3. The molecule has 0 atom stereocenters. The molecule has 0 amide bonds. The Hall–Kier alpha value is -2.10. The van der Waals surface area contributed by atoms with Crippen LogP contribution >= 0.6 is 0 Å². The fraction of sp³-hybridized carbons (Fsp3) is 0.412. The van der Waals surface area contributed by atoms with Crippen LogP contribution in [0.3, 0.4) is 0 Å². The van der Waals surface area contributed by atoms with Crippen molar-refractivity contribution in [3.63, 3.8) is 0 Å². The van der Waals surface area contributed by atoms with Gasteiger partial charge in [-0.2, -0.15) is 0 Å². The molecule has 0 saturated heterocycles. The molecular formula is C17H22N2O2. The molecule has 0 saturated carbocycles. The van der Waals surface area contributed by atoms with Crippen LogP contribution in [0.25, 0.3) is 0 Å². The highest BCUT2D eigenvalue weighted by molar-refractivity contribution is 5.26. The Morgan fingerprint density at radius 3 is 2.67 bits per heavy atom. The van der Waals surface area contributed by atoms with E-state index in [1.807, 2.05) is 30.3 Å². The molecule has 2 rings (SSSR count). The lowest BCUT2D eigenvalue weighted by molar-refractivity contribution is 0.280. The summed E-state index contributed by atoms with van der Waals surface area (Å²) in [6.07, 6.45) is 3.87. The van der Waals surface area contributed by atoms with Gasteiger partial charge in [-0.05, 0) is 18.9 Å². The van der Waals surface area contributed by atoms with Crippen LogP contribution in [-0.4, -0.2) is 16.6 Å². The van der Waals surface area contributed by atoms with E-state index in [0.29, 0.717) is 24.6 Å². The fourth-order valence-electron chi connectivity index (χ4n) is 2.11. The van der Waals surface area contributed by atoms with Crippen LogP contribution < -0.4 is 10.3 Å². The molecule has 1 aromatic carbocycles. The Morgan fingerprint density at radius 1 is 1.19 bits per heavy atom. The number of benzene rings is 1. The highest BCUT2D eigenvalue weighted by atomic mass is 16.5. The molecule has 4 heteroatoms. The number of unbranched alkanes of at least 4 members (excludes halogenated alkanes) is 2. The summed E-state index contributed by atoms with van der Waals surface area (Å²) in [6.45, 7) is 4.53. The highest BCUT2D eigenvalue weighted by Gasteiger charge is 2.09. The maximum atomic E-state index is 12.0. The molecule has 21 heavy (non-hydrogen) atoms. The zero-order valence-electron chi connectivity index (χ0n) is 12.7. The molecule has 0 aliphatic rings. The molecule has 0 fully saturated rings. The van der Waals surface area contributed by atoms with Gasteiger partial charge in [0.05, 0.1) is 12.3 Å². The molecule has 0 bridgehead atoms. The Bertz CT molecular complexity index is 620. The number of ether oxygens (including phenoxy) is 1. The summed E-state index contributed by atoms with van der Waals surface area (Å²) < 4.78 is 5.56. The van der Waals surface area contributed by atoms with E-state index in [-0.39, 0.29) is 5.56 Å². The van der Waals surface area contributed by atoms with Crippen molar-refractivity contribution in [2.75, 3.05) is 6.61 Å². The number of nitrogens with zero attached hydrogens (tertiary/aromatic N) is 1. The highest BCUT2D eigenvalue weighted by Crippen LogP contribution is 2.11. The van der Waals surface area contributed by atoms with Gasteiger partial charge in [0.15, 0.2) is 0 Å². The van der Waals surface area contributed by atoms with Gasteiger partial charge in [-0.3, -0.25) is 9.78 Å². The molecule has 1 N–H and O–H groups in total. The summed E-state index contributed by atoms with van der Waals surface area (Å²) in [5.41, 5.74) is 2.44. The summed E-state index contributed by atoms with van der Waals surface area (Å²) in [5, 5.41) is 0. The average molecular weight is 286 g/mol. The van der Waals surface area contributed by atoms with Gasteiger partial charge in [0.1, 0.15) is 0 Å². The lowest BCUT2D eigenvalue weighted by atomic mass is 10.1. The molecule has 2 aromatic rings. The van der Waals surface area contributed by atoms with Gasteiger partial charge in [-0.25, -0.2) is 4.98 Å². The minimum Gasteiger partial charge on any atom is -0.465 e. The van der Waals surface area contributed by atoms with Gasteiger partial charge >= 0.3 is 0 Å². The van der Waals surface area contributed by atoms with Crippen molar-refractivity contribution in [3.8, 4) is 6.01 Å². The summed E-state index contributed by atoms with van der Waals surface area (Å²) in [4.78, 5) is 19.1. The molecule has 1 heterocycles. The summed E-state index contributed by atoms with van der Waals surface area (Å²) in [7, 11) is 0. The van der Waals surface area contributed by atoms with Gasteiger partial charge < -0.3 is 4.74 Å². The van der Waals surface area contributed by atoms with Crippen LogP contribution in [0.1, 0.15) is 43.0 Å². The van der Waals surface area contributed by atoms with Crippen LogP contribution in [0, 0.1) is 6.92 Å². The van der Waals surface area contributed by atoms with Gasteiger partial charge in [-0.1, -0.05) is 50.1 Å². The van der Waals surface area contributed by atoms with E-state index in [4.69, 9.17) is 4.74 Å². The molecule has 0 aliphatic heterocycles. The lowest BCUT2D eigenvalue weighted by Crippen LogP contribution is -2.17. The van der Waals surface area contributed by atoms with E-state index in [2.05, 4.69) is 16.9 Å². The maximum Gasteiger partial charge on any atom is 0.296 e. The van der Waals surface area contributed by atoms with Crippen LogP contribution in [0.2, 0.25) is 0 Å². The van der Waals surface area contributed by atoms with Gasteiger partial charge in [0.25, 0.3) is 11.6 Å². The average Bonchev–Trinajstić information content (AvgIpc) is 2.50. The smallest absolute Gasteiger partial charge is 0.296 e. The first-order valence-corrected chi connectivity index (χ1v) is 7.47. The van der Waals surface area contributed by atoms with E-state index in [0.717, 1.165) is 30.5 Å². The molecule has 0 radical (unpaired) electrons. The first kappa shape index (κ1) is 15.3. The van der Waals surface area contributed by atoms with E-state index < -0.39 is 0 Å². The molecule has 112 valence electrons. The second-order valence-corrected chi connectivity index (χ2v) is 5.16. The number of aromatic nitrogens is 2. The van der Waals surface area contributed by atoms with Gasteiger partial charge in [0.2, 0.25) is 0 Å². The minimum absolute atomic E-state index is 0.124. The van der Waals surface area contributed by atoms with Crippen molar-refractivity contribution in [2.24, 2.45) is 0 Å². The molecule has 1 aromatic heterocycles. The number of hydrogen-bond donors (Lipinski definition) is 1. The third kappa shape index (κ3) is 4.45. The normalized spacial score (nSPS) is 10.6. The second-order valence-electron chi connectivity index (χ2n) is 5.16. The van der Waals surface area contributed by atoms with Crippen LogP contribution in [0.15, 0.2) is 35.1 Å². The quantitative estimate of drug-likeness (QED) is 0.795. The number of hydrogen-bond acceptors (Lipinski definition) is 3. The van der Waals surface area contributed by atoms with Crippen LogP contribution in [0.5, 0.6) is 6.01 Å². The van der Waals surface area contributed by atoms with Crippen molar-refractivity contribution in [3.05, 3.63) is 57.5 Å². The molecule has 0 aliphatic carbocycles. The van der Waals surface area contributed by atoms with Crippen molar-refractivity contribution >= 4 is 0 Å². The Balaban J connectivity index is 2.13. The predicted molar refractivity (Wildman–Crippen MR) is 83.9 cm³/mol. The number of H-pyrrole nitrogens is 1. The third-order valence-electron chi connectivity index (χ3n) is 3.43. The zero-order chi connectivity index (χ0) is 15.1. The Labute approximate surface area is 125 Å². The molecular weight excluding hydrogens is 264 g/mol. The monoisotopic (exact) mass is 286 g/mol. The minimum atomic E-state index is -0.124. The SMILES string of the molecule is CCCCCOc1nc(Cc2ccccc2)c(C)c(=O)[nH]1. The van der Waals surface area contributed by atoms with Crippen molar-refractivity contribution in [2.45, 2.75) is 39.5 Å². The van der Waals surface area contributed by atoms with Gasteiger partial charge in [-0.15, -0.1) is 0 Å². The topological polar surface area (TPSA) is 55.0 Å². The van der Waals surface area contributed by atoms with E-state index in [1.165, 1.54) is 0 Å². The standard InChI is InChI=1S/C17H22N2O2/c1-3-4-8-11-21-17-18-15(13(2)16(20)19-17)12-14-9-6-5-7-10-14/h5-7,9-10H,3-4,8,11-12H2,1-2H3,(H,18,19,20). The van der Waals surface area contributed by atoms with Crippen molar-refractivity contribution in [1.82, 2.24) is 9.97 Å². The van der Waals surface area contributed by atoms with Crippen molar-refractivity contribution in [1.29, 1.82) is 0 Å². The van der Waals surface area contributed by atoms with E-state index in [9.17, 15) is 4.79 Å². The molecule has 0 spiro atoms. The number of rotatable bonds is 7. The van der Waals surface area contributed by atoms with Crippen molar-refractivity contribution < 1.29 is 4.74 Å². The van der Waals surface area contributed by atoms with Crippen LogP contribution in [0.4, 0.5) is 0 Å². The van der Waals surface area contributed by atoms with Gasteiger partial charge in [0, 0.05) is 12.0 Å². The van der Waals surface area contributed by atoms with E-state index in [1.54, 1.807) is 6.92 Å². The number of aromatic amines is 1. The Morgan fingerprint density at radius 2 is 1.95 bits per heavy atom. The lowest BCUT2D eigenvalue weighted by Gasteiger charge is -2.09. The summed E-state index contributed by atoms with van der Waals surface area (Å²) >= 11 is 0. The summed E-state index contributed by atoms with van der Waals surface area (Å²) in [5.74, 6) is 0. The molecule has 0 unspecified atom stereocenters. The Kier molecular flexibility index (Phi) is 5.55. The van der Waals surface area contributed by atoms with Crippen LogP contribution in [-0.2, 0) is 6.42 Å². The fourth-order valence-corrected chi connectivity index (χ4v) is 2.11. The number of nitrogens with one attached hydrogen (secondary N) is 1. The maximum absolute atomic E-state index is 12.0. The van der Waals surface area contributed by atoms with E-state index >= 15 is 0 Å². The predicted octanol–water partition coefficient (Wildman–Crippen LogP) is 3.24. The zero-order valence-corrected chi connectivity index (χ0v) is 12.7. The largest absolute Gasteiger partial charge is 0.465 e. The first-order valence-electron chi connectivity index (χ1n) is 7.47. The third-order valence-corrected chi connectivity index (χ3v) is 3.43. The first-order chi connectivity index (χ1) is 10.2.